The van der Waals surface area contributed by atoms with E-state index in [-0.39, 0.29) is 38.6 Å². The number of halogens is 1. The lowest BCUT2D eigenvalue weighted by atomic mass is 9.85. The van der Waals surface area contributed by atoms with Crippen LogP contribution in [0.1, 0.15) is 24.8 Å². The molecular formula is C23H22ClNO9S. The van der Waals surface area contributed by atoms with Crippen molar-refractivity contribution < 1.29 is 37.1 Å². The summed E-state index contributed by atoms with van der Waals surface area (Å²) in [7, 11) is -2.81. The smallest absolute Gasteiger partial charge is 0.302 e. The maximum atomic E-state index is 13.0. The van der Waals surface area contributed by atoms with E-state index in [4.69, 9.17) is 20.8 Å². The molecule has 3 N–H and O–H groups in total. The molecule has 1 aromatic heterocycles. The van der Waals surface area contributed by atoms with Gasteiger partial charge in [0, 0.05) is 42.6 Å². The summed E-state index contributed by atoms with van der Waals surface area (Å²) >= 11 is 6.22. The number of hydrogen-bond acceptors (Lipinski definition) is 9. The molecule has 35 heavy (non-hydrogen) atoms. The van der Waals surface area contributed by atoms with Crippen molar-refractivity contribution in [1.82, 2.24) is 4.90 Å². The van der Waals surface area contributed by atoms with Gasteiger partial charge in [-0.1, -0.05) is 17.7 Å². The highest BCUT2D eigenvalue weighted by Gasteiger charge is 2.36. The molecule has 1 aliphatic rings. The van der Waals surface area contributed by atoms with Gasteiger partial charge in [-0.05, 0) is 32.1 Å². The van der Waals surface area contributed by atoms with Crippen molar-refractivity contribution >= 4 is 38.7 Å². The number of benzene rings is 2. The number of likely N-dealkylation sites (N-methyl/N-ethyl adjacent to an activating group) is 1. The van der Waals surface area contributed by atoms with Crippen LogP contribution in [-0.4, -0.2) is 60.3 Å². The summed E-state index contributed by atoms with van der Waals surface area (Å²) in [4.78, 5) is 26.1. The molecule has 2 heterocycles. The second kappa shape index (κ2) is 9.15. The molecule has 12 heteroatoms. The minimum atomic E-state index is -4.66. The lowest BCUT2D eigenvalue weighted by Crippen LogP contribution is -2.43. The predicted octanol–water partition coefficient (Wildman–Crippen LogP) is 3.12. The fourth-order valence-electron chi connectivity index (χ4n) is 4.45. The lowest BCUT2D eigenvalue weighted by molar-refractivity contribution is -0.149. The molecule has 0 bridgehead atoms. The number of likely N-dealkylation sites (tertiary alicyclic amines) is 1. The molecule has 0 saturated carbocycles. The Kier molecular flexibility index (Phi) is 6.54. The van der Waals surface area contributed by atoms with Gasteiger partial charge in [0.25, 0.3) is 10.1 Å². The average molecular weight is 524 g/mol. The van der Waals surface area contributed by atoms with Crippen molar-refractivity contribution in [2.75, 3.05) is 20.1 Å². The number of phenolic OH excluding ortho intramolecular Hbond substituents is 2. The van der Waals surface area contributed by atoms with Gasteiger partial charge in [0.05, 0.1) is 5.02 Å². The Morgan fingerprint density at radius 1 is 1.23 bits per heavy atom. The normalized spacial score (nSPS) is 19.1. The lowest BCUT2D eigenvalue weighted by Gasteiger charge is -2.36. The number of phenols is 2. The first-order valence-electron chi connectivity index (χ1n) is 10.5. The van der Waals surface area contributed by atoms with Gasteiger partial charge >= 0.3 is 5.97 Å². The Balaban J connectivity index is 2.00. The summed E-state index contributed by atoms with van der Waals surface area (Å²) in [6, 6.07) is 5.84. The number of carbonyl (C=O) groups excluding carboxylic acids is 1. The molecule has 3 aromatic rings. The van der Waals surface area contributed by atoms with Crippen LogP contribution in [0.3, 0.4) is 0 Å². The molecule has 0 spiro atoms. The molecule has 1 saturated heterocycles. The van der Waals surface area contributed by atoms with Gasteiger partial charge in [0.15, 0.2) is 5.43 Å². The Bertz CT molecular complexity index is 1500. The van der Waals surface area contributed by atoms with Crippen LogP contribution in [0.25, 0.3) is 22.3 Å². The molecule has 186 valence electrons. The van der Waals surface area contributed by atoms with E-state index in [1.165, 1.54) is 19.1 Å². The van der Waals surface area contributed by atoms with E-state index < -0.39 is 44.2 Å². The molecule has 0 radical (unpaired) electrons. The quantitative estimate of drug-likeness (QED) is 0.343. The van der Waals surface area contributed by atoms with Gasteiger partial charge in [0.1, 0.15) is 39.2 Å². The fourth-order valence-corrected chi connectivity index (χ4v) is 5.55. The number of carbonyl (C=O) groups is 1. The zero-order valence-corrected chi connectivity index (χ0v) is 20.3. The van der Waals surface area contributed by atoms with E-state index in [9.17, 15) is 32.8 Å². The third kappa shape index (κ3) is 4.72. The van der Waals surface area contributed by atoms with E-state index in [1.54, 1.807) is 0 Å². The number of rotatable bonds is 4. The van der Waals surface area contributed by atoms with Crippen molar-refractivity contribution in [1.29, 1.82) is 0 Å². The van der Waals surface area contributed by atoms with Crippen LogP contribution in [0, 0.1) is 0 Å². The van der Waals surface area contributed by atoms with Crippen molar-refractivity contribution in [3.05, 3.63) is 51.1 Å². The van der Waals surface area contributed by atoms with Gasteiger partial charge in [0.2, 0.25) is 0 Å². The monoisotopic (exact) mass is 523 g/mol. The van der Waals surface area contributed by atoms with Gasteiger partial charge in [-0.15, -0.1) is 0 Å². The third-order valence-electron chi connectivity index (χ3n) is 5.95. The van der Waals surface area contributed by atoms with Crippen molar-refractivity contribution in [3.8, 4) is 22.8 Å². The number of hydrogen-bond donors (Lipinski definition) is 3. The number of fused-ring (bicyclic) bond motifs is 1. The summed E-state index contributed by atoms with van der Waals surface area (Å²) in [6.07, 6.45) is -0.236. The van der Waals surface area contributed by atoms with Gasteiger partial charge in [-0.2, -0.15) is 8.42 Å². The molecule has 10 nitrogen and oxygen atoms in total. The van der Waals surface area contributed by atoms with Crippen LogP contribution < -0.4 is 5.43 Å². The summed E-state index contributed by atoms with van der Waals surface area (Å²) in [5, 5.41) is 20.6. The van der Waals surface area contributed by atoms with Crippen LogP contribution in [0.5, 0.6) is 11.5 Å². The largest absolute Gasteiger partial charge is 0.507 e. The second-order valence-electron chi connectivity index (χ2n) is 8.41. The molecule has 0 unspecified atom stereocenters. The first-order valence-corrected chi connectivity index (χ1v) is 12.3. The van der Waals surface area contributed by atoms with Crippen LogP contribution >= 0.6 is 11.6 Å². The SMILES string of the molecule is CC(=O)O[C@H]1CN(C)CC[C@@H]1c1c(O)cc(O)c2c(=O)cc(-c3cccc(S(=O)(=O)O)c3Cl)oc12. The number of piperidine rings is 1. The molecule has 0 amide bonds. The Labute approximate surface area is 205 Å². The number of aromatic hydroxyl groups is 2. The van der Waals surface area contributed by atoms with E-state index in [1.807, 2.05) is 11.9 Å². The zero-order valence-electron chi connectivity index (χ0n) is 18.7. The minimum absolute atomic E-state index is 0.00510. The third-order valence-corrected chi connectivity index (χ3v) is 7.37. The Hall–Kier alpha value is -3.12. The Morgan fingerprint density at radius 2 is 1.94 bits per heavy atom. The van der Waals surface area contributed by atoms with E-state index in [0.29, 0.717) is 19.5 Å². The number of esters is 1. The summed E-state index contributed by atoms with van der Waals surface area (Å²) in [5.74, 6) is -2.12. The summed E-state index contributed by atoms with van der Waals surface area (Å²) in [5.41, 5.74) is -0.664. The molecule has 2 atom stereocenters. The van der Waals surface area contributed by atoms with Crippen molar-refractivity contribution in [2.45, 2.75) is 30.3 Å². The standard InChI is InChI=1S/C23H22ClNO9S/c1-11(26)33-18-10-25(2)7-6-12(18)20-14(27)8-15(28)21-16(29)9-17(34-23(20)21)13-4-3-5-19(22(13)24)35(30,31)32/h3-5,8-9,12,18,27-28H,6-7,10H2,1-2H3,(H,30,31,32)/t12-,18-/m0/s1. The molecular weight excluding hydrogens is 502 g/mol. The highest BCUT2D eigenvalue weighted by Crippen LogP contribution is 2.44. The first-order chi connectivity index (χ1) is 16.4. The van der Waals surface area contributed by atoms with Gasteiger partial charge < -0.3 is 24.3 Å². The fraction of sp³-hybridized carbons (Fsp3) is 0.304. The number of nitrogens with zero attached hydrogens (tertiary/aromatic N) is 1. The molecule has 1 aliphatic heterocycles. The minimum Gasteiger partial charge on any atom is -0.507 e. The highest BCUT2D eigenvalue weighted by molar-refractivity contribution is 7.86. The van der Waals surface area contributed by atoms with Gasteiger partial charge in [-0.25, -0.2) is 0 Å². The average Bonchev–Trinajstić information content (AvgIpc) is 2.73. The molecule has 4 rings (SSSR count). The van der Waals surface area contributed by atoms with Crippen LogP contribution in [0.4, 0.5) is 0 Å². The summed E-state index contributed by atoms with van der Waals surface area (Å²) < 4.78 is 44.3. The maximum Gasteiger partial charge on any atom is 0.302 e. The summed E-state index contributed by atoms with van der Waals surface area (Å²) in [6.45, 7) is 2.22. The molecule has 0 aliphatic carbocycles. The van der Waals surface area contributed by atoms with Gasteiger partial charge in [-0.3, -0.25) is 14.1 Å². The predicted molar refractivity (Wildman–Crippen MR) is 126 cm³/mol. The Morgan fingerprint density at radius 3 is 2.60 bits per heavy atom. The maximum absolute atomic E-state index is 13.0. The number of ether oxygens (including phenoxy) is 1. The first kappa shape index (κ1) is 25.0. The van der Waals surface area contributed by atoms with Crippen LogP contribution in [0.2, 0.25) is 5.02 Å². The van der Waals surface area contributed by atoms with E-state index >= 15 is 0 Å². The zero-order chi connectivity index (χ0) is 25.7. The van der Waals surface area contributed by atoms with Crippen LogP contribution in [0.15, 0.2) is 44.4 Å². The highest BCUT2D eigenvalue weighted by atomic mass is 35.5. The van der Waals surface area contributed by atoms with E-state index in [2.05, 4.69) is 0 Å². The van der Waals surface area contributed by atoms with Crippen molar-refractivity contribution in [3.63, 3.8) is 0 Å². The second-order valence-corrected chi connectivity index (χ2v) is 10.2. The topological polar surface area (TPSA) is 155 Å². The van der Waals surface area contributed by atoms with Crippen LogP contribution in [-0.2, 0) is 19.6 Å². The van der Waals surface area contributed by atoms with Crippen molar-refractivity contribution in [2.24, 2.45) is 0 Å². The molecule has 2 aromatic carbocycles. The van der Waals surface area contributed by atoms with E-state index in [0.717, 1.165) is 18.2 Å². The molecule has 1 fully saturated rings.